The van der Waals surface area contributed by atoms with E-state index >= 15 is 0 Å². The van der Waals surface area contributed by atoms with Gasteiger partial charge in [0.1, 0.15) is 12.4 Å². The molecule has 1 aromatic heterocycles. The van der Waals surface area contributed by atoms with Gasteiger partial charge in [-0.25, -0.2) is 9.38 Å². The molecule has 8 heteroatoms. The van der Waals surface area contributed by atoms with Gasteiger partial charge in [0.2, 0.25) is 0 Å². The molecule has 0 fully saturated rings. The lowest BCUT2D eigenvalue weighted by atomic mass is 9.81. The Balaban J connectivity index is 1.97. The molecule has 0 aliphatic carbocycles. The highest BCUT2D eigenvalue weighted by Gasteiger charge is 2.49. The monoisotopic (exact) mass is 415 g/mol. The second-order valence-electron chi connectivity index (χ2n) is 7.14. The first-order chi connectivity index (χ1) is 14.9. The number of carbonyl (C=O) groups is 1. The molecule has 0 saturated carbocycles. The first kappa shape index (κ1) is 20.0. The normalized spacial score (nSPS) is 18.0. The largest absolute Gasteiger partial charge is 0.507 e. The molecule has 1 aliphatic rings. The highest BCUT2D eigenvalue weighted by Crippen LogP contribution is 2.42. The molecule has 0 radical (unpaired) electrons. The summed E-state index contributed by atoms with van der Waals surface area (Å²) in [5.41, 5.74) is 6.90. The molecule has 1 atom stereocenters. The summed E-state index contributed by atoms with van der Waals surface area (Å²) in [5.74, 6) is -0.419. The number of nitrogens with zero attached hydrogens (tertiary/aromatic N) is 4. The number of rotatable bonds is 4. The number of nitrogens with two attached hydrogens (primary N) is 1. The number of benzene rings is 2. The van der Waals surface area contributed by atoms with Crippen LogP contribution in [0.15, 0.2) is 65.8 Å². The molecule has 3 aromatic rings. The van der Waals surface area contributed by atoms with Crippen molar-refractivity contribution >= 4 is 11.9 Å². The number of nitriles is 1. The number of hydrogen-bond acceptors (Lipinski definition) is 6. The van der Waals surface area contributed by atoms with Gasteiger partial charge < -0.3 is 10.8 Å². The molecular weight excluding hydrogens is 397 g/mol. The summed E-state index contributed by atoms with van der Waals surface area (Å²) in [7, 11) is 1.51. The number of aliphatic imine (C=N–C) groups is 1. The summed E-state index contributed by atoms with van der Waals surface area (Å²) in [6.07, 6.45) is 1.42. The fourth-order valence-corrected chi connectivity index (χ4v) is 3.71. The van der Waals surface area contributed by atoms with E-state index < -0.39 is 18.1 Å². The number of pyridine rings is 1. The van der Waals surface area contributed by atoms with Gasteiger partial charge in [0.25, 0.3) is 5.91 Å². The number of amides is 1. The first-order valence-electron chi connectivity index (χ1n) is 9.39. The van der Waals surface area contributed by atoms with Gasteiger partial charge in [-0.05, 0) is 53.1 Å². The maximum Gasteiger partial charge on any atom is 0.266 e. The molecule has 2 heterocycles. The van der Waals surface area contributed by atoms with E-state index in [0.29, 0.717) is 27.8 Å². The van der Waals surface area contributed by atoms with Crippen molar-refractivity contribution < 1.29 is 14.3 Å². The van der Waals surface area contributed by atoms with Crippen molar-refractivity contribution in [2.24, 2.45) is 10.7 Å². The van der Waals surface area contributed by atoms with E-state index in [4.69, 9.17) is 5.73 Å². The average Bonchev–Trinajstić information content (AvgIpc) is 3.04. The molecule has 0 saturated heterocycles. The summed E-state index contributed by atoms with van der Waals surface area (Å²) >= 11 is 0. The lowest BCUT2D eigenvalue weighted by molar-refractivity contribution is -0.129. The van der Waals surface area contributed by atoms with Crippen molar-refractivity contribution in [3.63, 3.8) is 0 Å². The molecule has 3 N–H and O–H groups in total. The Morgan fingerprint density at radius 3 is 2.65 bits per heavy atom. The third-order valence-corrected chi connectivity index (χ3v) is 5.33. The van der Waals surface area contributed by atoms with Gasteiger partial charge in [0, 0.05) is 18.8 Å². The smallest absolute Gasteiger partial charge is 0.266 e. The summed E-state index contributed by atoms with van der Waals surface area (Å²) < 4.78 is 13.3. The zero-order chi connectivity index (χ0) is 22.2. The lowest BCUT2D eigenvalue weighted by Crippen LogP contribution is -2.41. The number of likely N-dealkylation sites (N-methyl/N-ethyl adjacent to an activating group) is 1. The van der Waals surface area contributed by atoms with Crippen LogP contribution in [0.3, 0.4) is 0 Å². The maximum absolute atomic E-state index is 13.4. The van der Waals surface area contributed by atoms with Crippen LogP contribution in [0.1, 0.15) is 22.4 Å². The maximum atomic E-state index is 13.4. The van der Waals surface area contributed by atoms with Gasteiger partial charge in [0.05, 0.1) is 17.3 Å². The number of alkyl halides is 1. The Kier molecular flexibility index (Phi) is 4.87. The molecule has 2 aromatic carbocycles. The fraction of sp³-hybridized carbons (Fsp3) is 0.130. The molecule has 31 heavy (non-hydrogen) atoms. The second-order valence-corrected chi connectivity index (χ2v) is 7.14. The van der Waals surface area contributed by atoms with Crippen LogP contribution in [-0.4, -0.2) is 33.9 Å². The van der Waals surface area contributed by atoms with Gasteiger partial charge in [-0.1, -0.05) is 18.2 Å². The van der Waals surface area contributed by atoms with E-state index in [-0.39, 0.29) is 17.4 Å². The van der Waals surface area contributed by atoms with Gasteiger partial charge in [-0.15, -0.1) is 0 Å². The van der Waals surface area contributed by atoms with E-state index in [9.17, 15) is 19.6 Å². The number of phenols is 1. The van der Waals surface area contributed by atoms with Gasteiger partial charge in [-0.2, -0.15) is 5.26 Å². The van der Waals surface area contributed by atoms with Crippen LogP contribution >= 0.6 is 0 Å². The molecule has 1 unspecified atom stereocenters. The van der Waals surface area contributed by atoms with Crippen molar-refractivity contribution in [2.45, 2.75) is 12.2 Å². The van der Waals surface area contributed by atoms with Crippen LogP contribution in [0.25, 0.3) is 11.1 Å². The topological polar surface area (TPSA) is 116 Å². The summed E-state index contributed by atoms with van der Waals surface area (Å²) in [6.45, 7) is -0.797. The predicted octanol–water partition coefficient (Wildman–Crippen LogP) is 2.83. The van der Waals surface area contributed by atoms with Gasteiger partial charge in [-0.3, -0.25) is 14.7 Å². The minimum atomic E-state index is -1.55. The van der Waals surface area contributed by atoms with Crippen molar-refractivity contribution in [2.75, 3.05) is 7.05 Å². The second kappa shape index (κ2) is 7.54. The van der Waals surface area contributed by atoms with Crippen LogP contribution in [-0.2, 0) is 17.0 Å². The van der Waals surface area contributed by atoms with Gasteiger partial charge in [0.15, 0.2) is 11.5 Å². The predicted molar refractivity (Wildman–Crippen MR) is 112 cm³/mol. The highest BCUT2D eigenvalue weighted by atomic mass is 19.1. The minimum Gasteiger partial charge on any atom is -0.507 e. The number of halogens is 1. The number of aromatic nitrogens is 1. The summed E-state index contributed by atoms with van der Waals surface area (Å²) in [5, 5.41) is 19.7. The van der Waals surface area contributed by atoms with E-state index in [1.54, 1.807) is 42.5 Å². The molecule has 7 nitrogen and oxygen atoms in total. The Hall–Kier alpha value is -4.25. The molecule has 1 amide bonds. The standard InChI is InChI=1S/C23H18FN5O2/c1-29-21(31)23(28-22(29)26,17-7-8-27-18(10-17)12-24)16-5-6-20(30)19(11-16)15-4-2-3-14(9-15)13-25/h2-11,30H,12H2,1H3,(H2,26,28). The Morgan fingerprint density at radius 1 is 1.19 bits per heavy atom. The van der Waals surface area contributed by atoms with E-state index in [1.807, 2.05) is 0 Å². The van der Waals surface area contributed by atoms with Crippen LogP contribution in [0, 0.1) is 11.3 Å². The molecule has 1 aliphatic heterocycles. The number of phenolic OH excluding ortho intramolecular Hbond substituents is 1. The fourth-order valence-electron chi connectivity index (χ4n) is 3.71. The van der Waals surface area contributed by atoms with E-state index in [2.05, 4.69) is 16.0 Å². The third kappa shape index (κ3) is 3.16. The van der Waals surface area contributed by atoms with Crippen LogP contribution in [0.4, 0.5) is 4.39 Å². The molecule has 0 bridgehead atoms. The first-order valence-corrected chi connectivity index (χ1v) is 9.39. The highest BCUT2D eigenvalue weighted by molar-refractivity contribution is 6.09. The Morgan fingerprint density at radius 2 is 1.97 bits per heavy atom. The summed E-state index contributed by atoms with van der Waals surface area (Å²) in [4.78, 5) is 23.1. The summed E-state index contributed by atoms with van der Waals surface area (Å²) in [6, 6.07) is 16.6. The number of carbonyl (C=O) groups excluding carboxylic acids is 1. The van der Waals surface area contributed by atoms with E-state index in [1.165, 1.54) is 30.3 Å². The molecule has 154 valence electrons. The van der Waals surface area contributed by atoms with Gasteiger partial charge >= 0.3 is 0 Å². The quantitative estimate of drug-likeness (QED) is 0.680. The lowest BCUT2D eigenvalue weighted by Gasteiger charge is -2.27. The van der Waals surface area contributed by atoms with Crippen molar-refractivity contribution in [3.05, 3.63) is 83.2 Å². The number of hydrogen-bond donors (Lipinski definition) is 2. The third-order valence-electron chi connectivity index (χ3n) is 5.33. The van der Waals surface area contributed by atoms with Crippen molar-refractivity contribution in [1.82, 2.24) is 9.88 Å². The van der Waals surface area contributed by atoms with Crippen molar-refractivity contribution in [3.8, 4) is 22.9 Å². The minimum absolute atomic E-state index is 0.0183. The van der Waals surface area contributed by atoms with Crippen LogP contribution < -0.4 is 5.73 Å². The molecule has 0 spiro atoms. The SMILES string of the molecule is CN1C(=O)C(c2ccnc(CF)c2)(c2ccc(O)c(-c3cccc(C#N)c3)c2)N=C1N. The Labute approximate surface area is 177 Å². The number of aromatic hydroxyl groups is 1. The Bertz CT molecular complexity index is 1270. The van der Waals surface area contributed by atoms with E-state index in [0.717, 1.165) is 0 Å². The molecular formula is C23H18FN5O2. The number of guanidine groups is 1. The average molecular weight is 415 g/mol. The van der Waals surface area contributed by atoms with Crippen molar-refractivity contribution in [1.29, 1.82) is 5.26 Å². The van der Waals surface area contributed by atoms with Crippen LogP contribution in [0.2, 0.25) is 0 Å². The zero-order valence-corrected chi connectivity index (χ0v) is 16.6. The van der Waals surface area contributed by atoms with Crippen LogP contribution in [0.5, 0.6) is 5.75 Å². The zero-order valence-electron chi connectivity index (χ0n) is 16.6. The molecule has 4 rings (SSSR count).